The van der Waals surface area contributed by atoms with Crippen LogP contribution < -0.4 is 5.43 Å². The fourth-order valence-corrected chi connectivity index (χ4v) is 2.55. The zero-order chi connectivity index (χ0) is 13.1. The molecule has 0 aliphatic carbocycles. The van der Waals surface area contributed by atoms with Crippen molar-refractivity contribution in [1.29, 1.82) is 0 Å². The normalized spacial score (nSPS) is 12.3. The molecule has 0 spiro atoms. The van der Waals surface area contributed by atoms with Crippen molar-refractivity contribution in [3.63, 3.8) is 0 Å². The Morgan fingerprint density at radius 1 is 1.41 bits per heavy atom. The molecule has 0 aliphatic heterocycles. The van der Waals surface area contributed by atoms with Gasteiger partial charge in [-0.05, 0) is 12.3 Å². The van der Waals surface area contributed by atoms with E-state index in [1.165, 1.54) is 29.8 Å². The van der Waals surface area contributed by atoms with Gasteiger partial charge in [0, 0.05) is 32.1 Å². The highest BCUT2D eigenvalue weighted by atomic mass is 32.2. The molecule has 0 aliphatic rings. The predicted molar refractivity (Wildman–Crippen MR) is 66.3 cm³/mol. The Kier molecular flexibility index (Phi) is 4.47. The summed E-state index contributed by atoms with van der Waals surface area (Å²) < 4.78 is 25.4. The molecule has 0 amide bonds. The Bertz CT molecular complexity index is 520. The standard InChI is InChI=1S/C11H18N2O3S/c1-9(2)5-7-13(3)17(15,16)11-8-12-6-4-10(11)14/h4,6,8-9H,5,7H2,1-3H3,(H,12,14). The lowest BCUT2D eigenvalue weighted by Crippen LogP contribution is -2.32. The van der Waals surface area contributed by atoms with Gasteiger partial charge in [-0.1, -0.05) is 13.8 Å². The summed E-state index contributed by atoms with van der Waals surface area (Å²) >= 11 is 0. The molecule has 1 N–H and O–H groups in total. The van der Waals surface area contributed by atoms with Gasteiger partial charge >= 0.3 is 0 Å². The summed E-state index contributed by atoms with van der Waals surface area (Å²) in [5.41, 5.74) is -0.486. The smallest absolute Gasteiger partial charge is 0.248 e. The van der Waals surface area contributed by atoms with Crippen molar-refractivity contribution >= 4 is 10.0 Å². The van der Waals surface area contributed by atoms with Gasteiger partial charge in [-0.25, -0.2) is 12.7 Å². The number of rotatable bonds is 5. The SMILES string of the molecule is CC(C)CCN(C)S(=O)(=O)c1c[nH]ccc1=O. The zero-order valence-corrected chi connectivity index (χ0v) is 11.1. The summed E-state index contributed by atoms with van der Waals surface area (Å²) in [6, 6.07) is 1.21. The lowest BCUT2D eigenvalue weighted by Gasteiger charge is -2.17. The third-order valence-corrected chi connectivity index (χ3v) is 4.38. The first kappa shape index (κ1) is 13.9. The number of hydrogen-bond donors (Lipinski definition) is 1. The fraction of sp³-hybridized carbons (Fsp3) is 0.545. The van der Waals surface area contributed by atoms with Crippen LogP contribution >= 0.6 is 0 Å². The molecule has 1 aromatic rings. The van der Waals surface area contributed by atoms with Crippen molar-refractivity contribution in [1.82, 2.24) is 9.29 Å². The quantitative estimate of drug-likeness (QED) is 0.858. The maximum Gasteiger partial charge on any atom is 0.248 e. The van der Waals surface area contributed by atoms with Crippen LogP contribution in [-0.2, 0) is 10.0 Å². The number of hydrogen-bond acceptors (Lipinski definition) is 3. The molecule has 0 bridgehead atoms. The monoisotopic (exact) mass is 258 g/mol. The van der Waals surface area contributed by atoms with Gasteiger partial charge in [0.1, 0.15) is 4.90 Å². The van der Waals surface area contributed by atoms with Crippen LogP contribution in [-0.4, -0.2) is 31.3 Å². The summed E-state index contributed by atoms with van der Waals surface area (Å²) in [5.74, 6) is 0.418. The largest absolute Gasteiger partial charge is 0.366 e. The second kappa shape index (κ2) is 5.46. The highest BCUT2D eigenvalue weighted by Gasteiger charge is 2.23. The molecule has 0 aromatic carbocycles. The van der Waals surface area contributed by atoms with E-state index in [2.05, 4.69) is 4.98 Å². The molecule has 96 valence electrons. The van der Waals surface area contributed by atoms with Gasteiger partial charge < -0.3 is 4.98 Å². The number of nitrogens with zero attached hydrogens (tertiary/aromatic N) is 1. The fourth-order valence-electron chi connectivity index (χ4n) is 1.33. The maximum absolute atomic E-state index is 12.1. The molecule has 0 atom stereocenters. The van der Waals surface area contributed by atoms with Crippen LogP contribution in [0, 0.1) is 5.92 Å². The van der Waals surface area contributed by atoms with Crippen LogP contribution in [0.1, 0.15) is 20.3 Å². The van der Waals surface area contributed by atoms with Crippen LogP contribution in [0.2, 0.25) is 0 Å². The Balaban J connectivity index is 2.96. The molecule has 0 radical (unpaired) electrons. The van der Waals surface area contributed by atoms with Crippen LogP contribution in [0.25, 0.3) is 0 Å². The first-order valence-electron chi connectivity index (χ1n) is 5.49. The van der Waals surface area contributed by atoms with E-state index < -0.39 is 15.5 Å². The van der Waals surface area contributed by atoms with E-state index in [0.29, 0.717) is 12.5 Å². The lowest BCUT2D eigenvalue weighted by atomic mass is 10.1. The van der Waals surface area contributed by atoms with Gasteiger partial charge in [-0.15, -0.1) is 0 Å². The Labute approximate surface area is 102 Å². The molecule has 5 nitrogen and oxygen atoms in total. The summed E-state index contributed by atoms with van der Waals surface area (Å²) in [5, 5.41) is 0. The number of nitrogens with one attached hydrogen (secondary N) is 1. The molecule has 6 heteroatoms. The van der Waals surface area contributed by atoms with Crippen LogP contribution in [0.3, 0.4) is 0 Å². The Morgan fingerprint density at radius 3 is 2.59 bits per heavy atom. The third kappa shape index (κ3) is 3.41. The average molecular weight is 258 g/mol. The second-order valence-electron chi connectivity index (χ2n) is 4.38. The molecule has 1 heterocycles. The van der Waals surface area contributed by atoms with E-state index in [4.69, 9.17) is 0 Å². The predicted octanol–water partition coefficient (Wildman–Crippen LogP) is 1.04. The van der Waals surface area contributed by atoms with E-state index in [0.717, 1.165) is 6.42 Å². The van der Waals surface area contributed by atoms with Crippen molar-refractivity contribution < 1.29 is 8.42 Å². The van der Waals surface area contributed by atoms with Gasteiger partial charge in [0.2, 0.25) is 15.5 Å². The summed E-state index contributed by atoms with van der Waals surface area (Å²) in [6.45, 7) is 4.46. The molecule has 1 aromatic heterocycles. The van der Waals surface area contributed by atoms with Crippen molar-refractivity contribution in [3.8, 4) is 0 Å². The molecular formula is C11H18N2O3S. The third-order valence-electron chi connectivity index (χ3n) is 2.50. The highest BCUT2D eigenvalue weighted by Crippen LogP contribution is 2.10. The summed E-state index contributed by atoms with van der Waals surface area (Å²) in [7, 11) is -2.19. The molecule has 0 unspecified atom stereocenters. The number of aromatic nitrogens is 1. The van der Waals surface area contributed by atoms with E-state index in [1.807, 2.05) is 13.8 Å². The van der Waals surface area contributed by atoms with Gasteiger partial charge in [-0.3, -0.25) is 4.79 Å². The van der Waals surface area contributed by atoms with Crippen LogP contribution in [0.5, 0.6) is 0 Å². The molecule has 0 fully saturated rings. The first-order valence-corrected chi connectivity index (χ1v) is 6.93. The van der Waals surface area contributed by atoms with Gasteiger partial charge in [0.05, 0.1) is 0 Å². The van der Waals surface area contributed by atoms with E-state index in [-0.39, 0.29) is 4.90 Å². The van der Waals surface area contributed by atoms with Crippen molar-refractivity contribution in [2.45, 2.75) is 25.2 Å². The molecular weight excluding hydrogens is 240 g/mol. The maximum atomic E-state index is 12.1. The van der Waals surface area contributed by atoms with E-state index >= 15 is 0 Å². The lowest BCUT2D eigenvalue weighted by molar-refractivity contribution is 0.427. The van der Waals surface area contributed by atoms with Crippen molar-refractivity contribution in [3.05, 3.63) is 28.7 Å². The van der Waals surface area contributed by atoms with E-state index in [9.17, 15) is 13.2 Å². The van der Waals surface area contributed by atoms with Gasteiger partial charge in [0.15, 0.2) is 0 Å². The highest BCUT2D eigenvalue weighted by molar-refractivity contribution is 7.89. The van der Waals surface area contributed by atoms with E-state index in [1.54, 1.807) is 0 Å². The van der Waals surface area contributed by atoms with Crippen LogP contribution in [0.4, 0.5) is 0 Å². The molecule has 17 heavy (non-hydrogen) atoms. The number of aromatic amines is 1. The molecule has 0 saturated carbocycles. The number of pyridine rings is 1. The topological polar surface area (TPSA) is 70.2 Å². The Morgan fingerprint density at radius 2 is 2.06 bits per heavy atom. The van der Waals surface area contributed by atoms with Gasteiger partial charge in [-0.2, -0.15) is 0 Å². The van der Waals surface area contributed by atoms with Crippen molar-refractivity contribution in [2.24, 2.45) is 5.92 Å². The number of H-pyrrole nitrogens is 1. The van der Waals surface area contributed by atoms with Crippen molar-refractivity contribution in [2.75, 3.05) is 13.6 Å². The Hall–Kier alpha value is -1.14. The minimum Gasteiger partial charge on any atom is -0.366 e. The minimum atomic E-state index is -3.68. The average Bonchev–Trinajstić information content (AvgIpc) is 2.26. The van der Waals surface area contributed by atoms with Gasteiger partial charge in [0.25, 0.3) is 0 Å². The van der Waals surface area contributed by atoms with Crippen LogP contribution in [0.15, 0.2) is 28.2 Å². The minimum absolute atomic E-state index is 0.203. The zero-order valence-electron chi connectivity index (χ0n) is 10.3. The molecule has 0 saturated heterocycles. The second-order valence-corrected chi connectivity index (χ2v) is 6.40. The first-order chi connectivity index (χ1) is 7.85. The summed E-state index contributed by atoms with van der Waals surface area (Å²) in [4.78, 5) is 13.9. The molecule has 1 rings (SSSR count). The summed E-state index contributed by atoms with van der Waals surface area (Å²) in [6.07, 6.45) is 3.40. The number of sulfonamides is 1.